The molecule has 112 valence electrons. The number of hydrogen-bond acceptors (Lipinski definition) is 3. The number of aryl methyl sites for hydroxylation is 1. The summed E-state index contributed by atoms with van der Waals surface area (Å²) in [4.78, 5) is 17.4. The van der Waals surface area contributed by atoms with Crippen LogP contribution in [0.5, 0.6) is 0 Å². The molecule has 0 atom stereocenters. The molecule has 1 saturated heterocycles. The number of thioether (sulfide) groups is 1. The van der Waals surface area contributed by atoms with Gasteiger partial charge in [-0.25, -0.2) is 18.6 Å². The molecule has 0 bridgehead atoms. The Morgan fingerprint density at radius 2 is 2.20 bits per heavy atom. The van der Waals surface area contributed by atoms with E-state index < -0.39 is 5.92 Å². The molecule has 1 aliphatic rings. The maximum atomic E-state index is 13.0. The van der Waals surface area contributed by atoms with Gasteiger partial charge < -0.3 is 14.8 Å². The zero-order valence-corrected chi connectivity index (χ0v) is 12.1. The van der Waals surface area contributed by atoms with Gasteiger partial charge in [0.15, 0.2) is 5.16 Å². The molecule has 2 rings (SSSR count). The molecule has 0 aromatic carbocycles. The van der Waals surface area contributed by atoms with Crippen LogP contribution in [0.3, 0.4) is 0 Å². The number of imidazole rings is 1. The normalized spacial score (nSPS) is 18.1. The minimum absolute atomic E-state index is 0.116. The van der Waals surface area contributed by atoms with E-state index in [-0.39, 0.29) is 32.0 Å². The van der Waals surface area contributed by atoms with Crippen molar-refractivity contribution >= 4 is 17.8 Å². The van der Waals surface area contributed by atoms with Crippen molar-refractivity contribution in [3.8, 4) is 0 Å². The van der Waals surface area contributed by atoms with Crippen molar-refractivity contribution < 1.29 is 13.6 Å². The molecule has 0 aliphatic carbocycles. The number of rotatable bonds is 4. The number of amides is 2. The highest BCUT2D eigenvalue weighted by molar-refractivity contribution is 7.99. The summed E-state index contributed by atoms with van der Waals surface area (Å²) in [6.45, 7) is 0.722. The monoisotopic (exact) mass is 304 g/mol. The number of nitrogens with one attached hydrogen (secondary N) is 1. The van der Waals surface area contributed by atoms with Crippen molar-refractivity contribution in [2.24, 2.45) is 7.05 Å². The highest BCUT2D eigenvalue weighted by atomic mass is 32.2. The van der Waals surface area contributed by atoms with E-state index in [2.05, 4.69) is 10.3 Å². The smallest absolute Gasteiger partial charge is 0.317 e. The lowest BCUT2D eigenvalue weighted by molar-refractivity contribution is -0.0469. The van der Waals surface area contributed by atoms with E-state index in [0.29, 0.717) is 12.3 Å². The van der Waals surface area contributed by atoms with Gasteiger partial charge >= 0.3 is 6.03 Å². The molecule has 2 heterocycles. The average molecular weight is 304 g/mol. The van der Waals surface area contributed by atoms with Gasteiger partial charge in [-0.15, -0.1) is 0 Å². The standard InChI is InChI=1S/C12H18F2N4OS/c1-17-8-4-16-11(17)20-9-5-15-10(19)18-6-2-12(13,14)3-7-18/h4,8H,2-3,5-7,9H2,1H3,(H,15,19). The molecule has 20 heavy (non-hydrogen) atoms. The number of piperidine rings is 1. The summed E-state index contributed by atoms with van der Waals surface area (Å²) >= 11 is 1.54. The summed E-state index contributed by atoms with van der Waals surface area (Å²) in [5.41, 5.74) is 0. The number of nitrogens with zero attached hydrogens (tertiary/aromatic N) is 3. The predicted molar refractivity (Wildman–Crippen MR) is 73.1 cm³/mol. The first kappa shape index (κ1) is 15.1. The Bertz CT molecular complexity index is 456. The van der Waals surface area contributed by atoms with Crippen molar-refractivity contribution in [3.63, 3.8) is 0 Å². The number of urea groups is 1. The molecule has 1 aromatic heterocycles. The number of hydrogen-bond donors (Lipinski definition) is 1. The zero-order chi connectivity index (χ0) is 14.6. The quantitative estimate of drug-likeness (QED) is 0.683. The largest absolute Gasteiger partial charge is 0.337 e. The Morgan fingerprint density at radius 1 is 1.50 bits per heavy atom. The van der Waals surface area contributed by atoms with Crippen molar-refractivity contribution in [1.82, 2.24) is 19.8 Å². The van der Waals surface area contributed by atoms with Crippen molar-refractivity contribution in [2.45, 2.75) is 23.9 Å². The van der Waals surface area contributed by atoms with Gasteiger partial charge in [-0.05, 0) is 0 Å². The molecule has 1 fully saturated rings. The number of aromatic nitrogens is 2. The average Bonchev–Trinajstić information content (AvgIpc) is 2.80. The van der Waals surface area contributed by atoms with E-state index in [1.54, 1.807) is 18.0 Å². The van der Waals surface area contributed by atoms with Crippen LogP contribution in [0.4, 0.5) is 13.6 Å². The molecule has 5 nitrogen and oxygen atoms in total. The summed E-state index contributed by atoms with van der Waals surface area (Å²) in [7, 11) is 1.90. The lowest BCUT2D eigenvalue weighted by Gasteiger charge is -2.31. The third-order valence-electron chi connectivity index (χ3n) is 3.17. The van der Waals surface area contributed by atoms with Gasteiger partial charge in [0.25, 0.3) is 5.92 Å². The van der Waals surface area contributed by atoms with Gasteiger partial charge in [0.2, 0.25) is 0 Å². The van der Waals surface area contributed by atoms with E-state index in [9.17, 15) is 13.6 Å². The van der Waals surface area contributed by atoms with Crippen LogP contribution in [-0.4, -0.2) is 51.8 Å². The summed E-state index contributed by atoms with van der Waals surface area (Å²) < 4.78 is 27.8. The third kappa shape index (κ3) is 4.09. The Balaban J connectivity index is 1.65. The lowest BCUT2D eigenvalue weighted by Crippen LogP contribution is -2.47. The lowest BCUT2D eigenvalue weighted by atomic mass is 10.1. The SMILES string of the molecule is Cn1ccnc1SCCNC(=O)N1CCC(F)(F)CC1. The molecule has 0 radical (unpaired) electrons. The number of alkyl halides is 2. The summed E-state index contributed by atoms with van der Waals surface area (Å²) in [5, 5.41) is 3.63. The Labute approximate surface area is 120 Å². The summed E-state index contributed by atoms with van der Waals surface area (Å²) in [6, 6.07) is -0.263. The van der Waals surface area contributed by atoms with Crippen LogP contribution in [0.2, 0.25) is 0 Å². The van der Waals surface area contributed by atoms with E-state index >= 15 is 0 Å². The van der Waals surface area contributed by atoms with Crippen LogP contribution in [0.25, 0.3) is 0 Å². The van der Waals surface area contributed by atoms with E-state index in [4.69, 9.17) is 0 Å². The molecular weight excluding hydrogens is 286 g/mol. The van der Waals surface area contributed by atoms with Crippen molar-refractivity contribution in [2.75, 3.05) is 25.4 Å². The Hall–Kier alpha value is -1.31. The summed E-state index contributed by atoms with van der Waals surface area (Å²) in [5.74, 6) is -1.93. The van der Waals surface area contributed by atoms with E-state index in [1.165, 1.54) is 4.90 Å². The fourth-order valence-corrected chi connectivity index (χ4v) is 2.73. The topological polar surface area (TPSA) is 50.2 Å². The first-order valence-corrected chi connectivity index (χ1v) is 7.47. The fraction of sp³-hybridized carbons (Fsp3) is 0.667. The van der Waals surface area contributed by atoms with Crippen LogP contribution in [0.1, 0.15) is 12.8 Å². The second-order valence-corrected chi connectivity index (χ2v) is 5.81. The molecule has 8 heteroatoms. The van der Waals surface area contributed by atoms with Gasteiger partial charge in [0, 0.05) is 57.7 Å². The first-order valence-electron chi connectivity index (χ1n) is 6.49. The number of halogens is 2. The van der Waals surface area contributed by atoms with Crippen LogP contribution in [-0.2, 0) is 7.05 Å². The molecule has 1 aliphatic heterocycles. The van der Waals surface area contributed by atoms with Gasteiger partial charge in [0.1, 0.15) is 0 Å². The molecular formula is C12H18F2N4OS. The van der Waals surface area contributed by atoms with Crippen molar-refractivity contribution in [1.29, 1.82) is 0 Å². The van der Waals surface area contributed by atoms with E-state index in [0.717, 1.165) is 5.16 Å². The fourth-order valence-electron chi connectivity index (χ4n) is 1.94. The minimum atomic E-state index is -2.62. The molecule has 1 aromatic rings. The third-order valence-corrected chi connectivity index (χ3v) is 4.23. The molecule has 0 unspecified atom stereocenters. The van der Waals surface area contributed by atoms with E-state index in [1.807, 2.05) is 17.8 Å². The minimum Gasteiger partial charge on any atom is -0.337 e. The predicted octanol–water partition coefficient (Wildman–Crippen LogP) is 1.95. The maximum Gasteiger partial charge on any atom is 0.317 e. The second kappa shape index (κ2) is 6.43. The Morgan fingerprint density at radius 3 is 2.80 bits per heavy atom. The van der Waals surface area contributed by atoms with Crippen molar-refractivity contribution in [3.05, 3.63) is 12.4 Å². The maximum absolute atomic E-state index is 13.0. The molecule has 1 N–H and O–H groups in total. The first-order chi connectivity index (χ1) is 9.48. The van der Waals surface area contributed by atoms with Crippen LogP contribution in [0, 0.1) is 0 Å². The highest BCUT2D eigenvalue weighted by Crippen LogP contribution is 2.27. The number of carbonyl (C=O) groups is 1. The van der Waals surface area contributed by atoms with Crippen LogP contribution in [0.15, 0.2) is 17.6 Å². The van der Waals surface area contributed by atoms with Crippen LogP contribution >= 0.6 is 11.8 Å². The molecule has 2 amide bonds. The van der Waals surface area contributed by atoms with Crippen LogP contribution < -0.4 is 5.32 Å². The second-order valence-electron chi connectivity index (χ2n) is 4.74. The highest BCUT2D eigenvalue weighted by Gasteiger charge is 2.35. The molecule has 0 saturated carbocycles. The summed E-state index contributed by atoms with van der Waals surface area (Å²) in [6.07, 6.45) is 3.08. The van der Waals surface area contributed by atoms with Gasteiger partial charge in [-0.1, -0.05) is 11.8 Å². The molecule has 0 spiro atoms. The number of carbonyl (C=O) groups excluding carboxylic acids is 1. The number of likely N-dealkylation sites (tertiary alicyclic amines) is 1. The zero-order valence-electron chi connectivity index (χ0n) is 11.3. The Kier molecular flexibility index (Phi) is 4.85. The van der Waals surface area contributed by atoms with Gasteiger partial charge in [-0.2, -0.15) is 0 Å². The van der Waals surface area contributed by atoms with Gasteiger partial charge in [0.05, 0.1) is 0 Å². The van der Waals surface area contributed by atoms with Gasteiger partial charge in [-0.3, -0.25) is 0 Å².